The Morgan fingerprint density at radius 1 is 1.12 bits per heavy atom. The Bertz CT molecular complexity index is 1040. The van der Waals surface area contributed by atoms with Crippen LogP contribution in [0.15, 0.2) is 18.2 Å². The number of carbonyl (C=O) groups excluding carboxylic acids is 1. The number of anilines is 1. The number of amidine groups is 1. The molecule has 0 saturated carbocycles. The molecule has 0 unspecified atom stereocenters. The minimum atomic E-state index is -0.650. The molecule has 0 amide bonds. The third-order valence-corrected chi connectivity index (χ3v) is 5.67. The molecular weight excluding hydrogens is 413 g/mol. The summed E-state index contributed by atoms with van der Waals surface area (Å²) in [6.07, 6.45) is 0. The van der Waals surface area contributed by atoms with Crippen molar-refractivity contribution >= 4 is 17.3 Å². The van der Waals surface area contributed by atoms with E-state index in [9.17, 15) is 9.18 Å². The highest BCUT2D eigenvalue weighted by atomic mass is 19.1. The number of Topliss-reactive ketones (excluding diaryl/α,β-unsaturated/α-hetero) is 1. The second-order valence-electron chi connectivity index (χ2n) is 8.26. The van der Waals surface area contributed by atoms with Crippen LogP contribution >= 0.6 is 0 Å². The van der Waals surface area contributed by atoms with Gasteiger partial charge < -0.3 is 24.0 Å². The molecule has 0 bridgehead atoms. The summed E-state index contributed by atoms with van der Waals surface area (Å²) < 4.78 is 31.0. The SMILES string of the molecule is COc1cc2c(c(F)c1OC)C(=N)N(CC(=O)c1cc(C(C)C)c(OC)c(N(C)C)c1)C2. The lowest BCUT2D eigenvalue weighted by atomic mass is 9.96. The van der Waals surface area contributed by atoms with E-state index in [1.165, 1.54) is 14.2 Å². The second-order valence-corrected chi connectivity index (χ2v) is 8.26. The number of benzene rings is 2. The van der Waals surface area contributed by atoms with E-state index in [2.05, 4.69) is 0 Å². The van der Waals surface area contributed by atoms with E-state index < -0.39 is 5.82 Å². The van der Waals surface area contributed by atoms with Gasteiger partial charge in [-0.05, 0) is 35.2 Å². The first-order chi connectivity index (χ1) is 15.1. The van der Waals surface area contributed by atoms with Crippen LogP contribution in [-0.4, -0.2) is 58.5 Å². The van der Waals surface area contributed by atoms with E-state index in [1.54, 1.807) is 24.1 Å². The molecule has 172 valence electrons. The molecule has 8 heteroatoms. The first-order valence-corrected chi connectivity index (χ1v) is 10.3. The number of ketones is 1. The molecule has 32 heavy (non-hydrogen) atoms. The summed E-state index contributed by atoms with van der Waals surface area (Å²) in [4.78, 5) is 16.7. The molecule has 0 atom stereocenters. The monoisotopic (exact) mass is 443 g/mol. The van der Waals surface area contributed by atoms with Crippen LogP contribution in [0.25, 0.3) is 0 Å². The molecule has 0 saturated heterocycles. The van der Waals surface area contributed by atoms with Crippen LogP contribution in [0.5, 0.6) is 17.2 Å². The molecule has 0 fully saturated rings. The number of rotatable bonds is 8. The zero-order chi connectivity index (χ0) is 23.7. The number of carbonyl (C=O) groups is 1. The van der Waals surface area contributed by atoms with Gasteiger partial charge >= 0.3 is 0 Å². The summed E-state index contributed by atoms with van der Waals surface area (Å²) in [5, 5.41) is 8.48. The van der Waals surface area contributed by atoms with Gasteiger partial charge in [-0.25, -0.2) is 4.39 Å². The third-order valence-electron chi connectivity index (χ3n) is 5.67. The highest BCUT2D eigenvalue weighted by Crippen LogP contribution is 2.39. The first kappa shape index (κ1) is 23.4. The van der Waals surface area contributed by atoms with Gasteiger partial charge in [0.1, 0.15) is 11.6 Å². The van der Waals surface area contributed by atoms with Crippen LogP contribution in [0, 0.1) is 11.2 Å². The van der Waals surface area contributed by atoms with Crippen molar-refractivity contribution in [3.05, 3.63) is 46.3 Å². The van der Waals surface area contributed by atoms with Crippen molar-refractivity contribution in [1.29, 1.82) is 5.41 Å². The van der Waals surface area contributed by atoms with Gasteiger partial charge in [0.05, 0.1) is 39.1 Å². The molecule has 0 spiro atoms. The van der Waals surface area contributed by atoms with Gasteiger partial charge in [0.15, 0.2) is 23.1 Å². The molecule has 7 nitrogen and oxygen atoms in total. The fraction of sp³-hybridized carbons (Fsp3) is 0.417. The average Bonchev–Trinajstić information content (AvgIpc) is 3.07. The summed E-state index contributed by atoms with van der Waals surface area (Å²) in [6, 6.07) is 5.30. The minimum Gasteiger partial charge on any atom is -0.494 e. The average molecular weight is 444 g/mol. The Balaban J connectivity index is 1.94. The third kappa shape index (κ3) is 3.97. The molecule has 0 aliphatic carbocycles. The Hall–Kier alpha value is -3.29. The van der Waals surface area contributed by atoms with E-state index >= 15 is 0 Å². The van der Waals surface area contributed by atoms with Gasteiger partial charge in [0.25, 0.3) is 0 Å². The van der Waals surface area contributed by atoms with Crippen LogP contribution in [-0.2, 0) is 6.54 Å². The van der Waals surface area contributed by atoms with Crippen LogP contribution < -0.4 is 19.1 Å². The lowest BCUT2D eigenvalue weighted by Crippen LogP contribution is -2.30. The smallest absolute Gasteiger partial charge is 0.197 e. The number of ether oxygens (including phenoxy) is 3. The summed E-state index contributed by atoms with van der Waals surface area (Å²) in [5.41, 5.74) is 2.99. The normalized spacial score (nSPS) is 12.8. The Morgan fingerprint density at radius 3 is 2.31 bits per heavy atom. The fourth-order valence-corrected chi connectivity index (χ4v) is 4.00. The lowest BCUT2D eigenvalue weighted by molar-refractivity contribution is 0.0962. The molecule has 1 N–H and O–H groups in total. The molecule has 2 aromatic rings. The van der Waals surface area contributed by atoms with Crippen molar-refractivity contribution < 1.29 is 23.4 Å². The van der Waals surface area contributed by atoms with Crippen molar-refractivity contribution in [2.75, 3.05) is 46.9 Å². The standard InChI is InChI=1S/C24H30FN3O4/c1-13(2)16-8-14(9-17(27(3)4)22(16)31-6)18(29)12-28-11-15-10-19(30-5)23(32-7)21(25)20(15)24(28)26/h8-10,13,26H,11-12H2,1-7H3. The van der Waals surface area contributed by atoms with E-state index in [4.69, 9.17) is 19.6 Å². The highest BCUT2D eigenvalue weighted by Gasteiger charge is 2.33. The zero-order valence-corrected chi connectivity index (χ0v) is 19.6. The number of halogens is 1. The molecule has 3 rings (SSSR count). The quantitative estimate of drug-likeness (QED) is 0.620. The predicted octanol–water partition coefficient (Wildman–Crippen LogP) is 4.06. The summed E-state index contributed by atoms with van der Waals surface area (Å²) in [6.45, 7) is 4.28. The Kier molecular flexibility index (Phi) is 6.62. The van der Waals surface area contributed by atoms with Crippen molar-refractivity contribution in [3.8, 4) is 17.2 Å². The van der Waals surface area contributed by atoms with Crippen molar-refractivity contribution in [1.82, 2.24) is 4.90 Å². The predicted molar refractivity (Wildman–Crippen MR) is 122 cm³/mol. The molecule has 1 aliphatic rings. The van der Waals surface area contributed by atoms with Crippen LogP contribution in [0.4, 0.5) is 10.1 Å². The molecule has 1 aliphatic heterocycles. The van der Waals surface area contributed by atoms with E-state index in [0.717, 1.165) is 17.0 Å². The van der Waals surface area contributed by atoms with Crippen LogP contribution in [0.3, 0.4) is 0 Å². The molecule has 0 aromatic heterocycles. The number of fused-ring (bicyclic) bond motifs is 1. The molecule has 1 heterocycles. The van der Waals surface area contributed by atoms with Crippen molar-refractivity contribution in [2.24, 2.45) is 0 Å². The van der Waals surface area contributed by atoms with Gasteiger partial charge in [0.2, 0.25) is 0 Å². The lowest BCUT2D eigenvalue weighted by Gasteiger charge is -2.23. The molecular formula is C24H30FN3O4. The second kappa shape index (κ2) is 9.06. The van der Waals surface area contributed by atoms with Gasteiger partial charge in [0, 0.05) is 26.2 Å². The minimum absolute atomic E-state index is 0.0442. The maximum Gasteiger partial charge on any atom is 0.197 e. The number of nitrogens with one attached hydrogen (secondary N) is 1. The summed E-state index contributed by atoms with van der Waals surface area (Å²) >= 11 is 0. The number of methoxy groups -OCH3 is 3. The summed E-state index contributed by atoms with van der Waals surface area (Å²) in [5.74, 6) is 0.257. The van der Waals surface area contributed by atoms with Gasteiger partial charge in [-0.3, -0.25) is 10.2 Å². The van der Waals surface area contributed by atoms with Gasteiger partial charge in [-0.2, -0.15) is 0 Å². The number of hydrogen-bond acceptors (Lipinski definition) is 6. The Morgan fingerprint density at radius 2 is 1.78 bits per heavy atom. The number of hydrogen-bond donors (Lipinski definition) is 1. The molecule has 0 radical (unpaired) electrons. The van der Waals surface area contributed by atoms with E-state index in [0.29, 0.717) is 11.1 Å². The zero-order valence-electron chi connectivity index (χ0n) is 19.6. The van der Waals surface area contributed by atoms with Crippen LogP contribution in [0.2, 0.25) is 0 Å². The van der Waals surface area contributed by atoms with E-state index in [-0.39, 0.29) is 47.7 Å². The highest BCUT2D eigenvalue weighted by molar-refractivity contribution is 6.06. The number of nitrogens with zero attached hydrogens (tertiary/aromatic N) is 2. The fourth-order valence-electron chi connectivity index (χ4n) is 4.00. The van der Waals surface area contributed by atoms with E-state index in [1.807, 2.05) is 38.9 Å². The largest absolute Gasteiger partial charge is 0.494 e. The topological polar surface area (TPSA) is 75.1 Å². The molecule has 2 aromatic carbocycles. The van der Waals surface area contributed by atoms with Gasteiger partial charge in [-0.1, -0.05) is 13.8 Å². The van der Waals surface area contributed by atoms with Gasteiger partial charge in [-0.15, -0.1) is 0 Å². The maximum atomic E-state index is 15.0. The van der Waals surface area contributed by atoms with Crippen molar-refractivity contribution in [3.63, 3.8) is 0 Å². The van der Waals surface area contributed by atoms with Crippen LogP contribution in [0.1, 0.15) is 46.8 Å². The first-order valence-electron chi connectivity index (χ1n) is 10.3. The Labute approximate surface area is 188 Å². The maximum absolute atomic E-state index is 15.0. The summed E-state index contributed by atoms with van der Waals surface area (Å²) in [7, 11) is 8.20. The van der Waals surface area contributed by atoms with Crippen molar-refractivity contribution in [2.45, 2.75) is 26.3 Å².